The molecular weight excluding hydrogens is 438 g/mol. The zero-order valence-corrected chi connectivity index (χ0v) is 19.4. The largest absolute Gasteiger partial charge is 0.497 e. The van der Waals surface area contributed by atoms with Crippen LogP contribution in [0.25, 0.3) is 0 Å². The number of methoxy groups -OCH3 is 1. The van der Waals surface area contributed by atoms with Crippen LogP contribution in [0.1, 0.15) is 27.9 Å². The Morgan fingerprint density at radius 3 is 2.61 bits per heavy atom. The summed E-state index contributed by atoms with van der Waals surface area (Å²) in [4.78, 5) is 29.8. The summed E-state index contributed by atoms with van der Waals surface area (Å²) in [5, 5.41) is 3.54. The average molecular weight is 464 g/mol. The van der Waals surface area contributed by atoms with Crippen molar-refractivity contribution < 1.29 is 14.3 Å². The number of carbonyl (C=O) groups excluding carboxylic acids is 2. The second kappa shape index (κ2) is 9.96. The highest BCUT2D eigenvalue weighted by molar-refractivity contribution is 6.30. The molecule has 0 radical (unpaired) electrons. The van der Waals surface area contributed by atoms with Gasteiger partial charge in [0.05, 0.1) is 18.5 Å². The van der Waals surface area contributed by atoms with Crippen LogP contribution in [0.15, 0.2) is 66.7 Å². The summed E-state index contributed by atoms with van der Waals surface area (Å²) in [6, 6.07) is 20.1. The Balaban J connectivity index is 1.56. The minimum atomic E-state index is -0.254. The highest BCUT2D eigenvalue weighted by atomic mass is 35.5. The van der Waals surface area contributed by atoms with E-state index in [4.69, 9.17) is 16.3 Å². The van der Waals surface area contributed by atoms with E-state index in [2.05, 4.69) is 5.32 Å². The molecule has 33 heavy (non-hydrogen) atoms. The van der Waals surface area contributed by atoms with Crippen molar-refractivity contribution in [2.24, 2.45) is 0 Å². The average Bonchev–Trinajstić information content (AvgIpc) is 2.81. The number of nitrogens with one attached hydrogen (secondary N) is 1. The van der Waals surface area contributed by atoms with E-state index in [1.807, 2.05) is 54.3 Å². The van der Waals surface area contributed by atoms with Crippen LogP contribution >= 0.6 is 11.6 Å². The Morgan fingerprint density at radius 1 is 1.06 bits per heavy atom. The lowest BCUT2D eigenvalue weighted by Gasteiger charge is -2.36. The number of ether oxygens (including phenoxy) is 1. The van der Waals surface area contributed by atoms with E-state index in [1.165, 1.54) is 0 Å². The fourth-order valence-corrected chi connectivity index (χ4v) is 4.05. The van der Waals surface area contributed by atoms with E-state index >= 15 is 0 Å². The molecule has 7 heteroatoms. The zero-order valence-electron chi connectivity index (χ0n) is 18.7. The van der Waals surface area contributed by atoms with Gasteiger partial charge >= 0.3 is 6.03 Å². The topological polar surface area (TPSA) is 61.9 Å². The summed E-state index contributed by atoms with van der Waals surface area (Å²) < 4.78 is 5.31. The number of rotatable bonds is 6. The molecule has 3 aromatic rings. The van der Waals surface area contributed by atoms with Crippen LogP contribution in [0.3, 0.4) is 0 Å². The molecule has 0 spiro atoms. The van der Waals surface area contributed by atoms with Gasteiger partial charge in [-0.2, -0.15) is 0 Å². The quantitative estimate of drug-likeness (QED) is 0.507. The molecule has 3 aromatic carbocycles. The van der Waals surface area contributed by atoms with Crippen molar-refractivity contribution in [1.29, 1.82) is 0 Å². The number of aryl methyl sites for hydroxylation is 1. The van der Waals surface area contributed by atoms with E-state index in [1.54, 1.807) is 36.3 Å². The molecule has 1 aliphatic heterocycles. The van der Waals surface area contributed by atoms with Gasteiger partial charge in [-0.25, -0.2) is 4.79 Å². The lowest BCUT2D eigenvalue weighted by atomic mass is 10.1. The van der Waals surface area contributed by atoms with Crippen LogP contribution in [0.2, 0.25) is 5.02 Å². The lowest BCUT2D eigenvalue weighted by Crippen LogP contribution is -2.49. The minimum absolute atomic E-state index is 0.0880. The monoisotopic (exact) mass is 463 g/mol. The molecular formula is C26H26ClN3O3. The Hall–Kier alpha value is -3.51. The van der Waals surface area contributed by atoms with E-state index in [9.17, 15) is 9.59 Å². The van der Waals surface area contributed by atoms with Crippen molar-refractivity contribution in [1.82, 2.24) is 4.90 Å². The summed E-state index contributed by atoms with van der Waals surface area (Å²) in [5.74, 6) is 0.510. The molecule has 0 unspecified atom stereocenters. The molecule has 1 heterocycles. The first-order valence-corrected chi connectivity index (χ1v) is 11.2. The van der Waals surface area contributed by atoms with E-state index in [0.717, 1.165) is 23.3 Å². The van der Waals surface area contributed by atoms with Crippen molar-refractivity contribution in [2.45, 2.75) is 19.9 Å². The van der Waals surface area contributed by atoms with Crippen molar-refractivity contribution in [3.8, 4) is 5.75 Å². The Morgan fingerprint density at radius 2 is 1.85 bits per heavy atom. The van der Waals surface area contributed by atoms with Gasteiger partial charge in [-0.15, -0.1) is 0 Å². The molecule has 0 aromatic heterocycles. The molecule has 1 fully saturated rings. The van der Waals surface area contributed by atoms with Gasteiger partial charge in [-0.05, 0) is 73.0 Å². The van der Waals surface area contributed by atoms with E-state index < -0.39 is 0 Å². The molecule has 3 amide bonds. The molecule has 1 N–H and O–H groups in total. The molecule has 6 nitrogen and oxygen atoms in total. The number of urea groups is 1. The van der Waals surface area contributed by atoms with Gasteiger partial charge in [0.15, 0.2) is 0 Å². The molecule has 4 rings (SSSR count). The van der Waals surface area contributed by atoms with Gasteiger partial charge in [0.25, 0.3) is 5.91 Å². The smallest absolute Gasteiger partial charge is 0.324 e. The van der Waals surface area contributed by atoms with Crippen LogP contribution in [0.4, 0.5) is 16.2 Å². The highest BCUT2D eigenvalue weighted by Crippen LogP contribution is 2.31. The second-order valence-corrected chi connectivity index (χ2v) is 8.48. The van der Waals surface area contributed by atoms with Gasteiger partial charge < -0.3 is 15.0 Å². The minimum Gasteiger partial charge on any atom is -0.497 e. The maximum absolute atomic E-state index is 13.4. The third kappa shape index (κ3) is 5.29. The van der Waals surface area contributed by atoms with Crippen LogP contribution < -0.4 is 15.0 Å². The Kier molecular flexibility index (Phi) is 6.84. The molecule has 0 bridgehead atoms. The van der Waals surface area contributed by atoms with Crippen molar-refractivity contribution in [3.63, 3.8) is 0 Å². The summed E-state index contributed by atoms with van der Waals surface area (Å²) in [6.45, 7) is 3.70. The molecule has 1 saturated heterocycles. The standard InChI is InChI=1S/C26H26ClN3O3/c1-18-7-12-24(23(15-18)28-25(31)20-8-10-21(27)11-9-20)30-14-4-13-29(26(30)32)17-19-5-3-6-22(16-19)33-2/h3,5-12,15-16H,4,13-14,17H2,1-2H3,(H,28,31). The number of benzene rings is 3. The highest BCUT2D eigenvalue weighted by Gasteiger charge is 2.29. The maximum Gasteiger partial charge on any atom is 0.324 e. The normalized spacial score (nSPS) is 13.7. The first kappa shape index (κ1) is 22.7. The number of anilines is 2. The summed E-state index contributed by atoms with van der Waals surface area (Å²) in [5.41, 5.74) is 3.78. The van der Waals surface area contributed by atoms with Crippen molar-refractivity contribution in [2.75, 3.05) is 30.4 Å². The Labute approximate surface area is 198 Å². The zero-order chi connectivity index (χ0) is 23.4. The third-order valence-electron chi connectivity index (χ3n) is 5.62. The van der Waals surface area contributed by atoms with Crippen LogP contribution in [-0.4, -0.2) is 37.0 Å². The third-order valence-corrected chi connectivity index (χ3v) is 5.87. The van der Waals surface area contributed by atoms with Gasteiger partial charge in [-0.1, -0.05) is 29.8 Å². The number of halogens is 1. The number of nitrogens with zero attached hydrogens (tertiary/aromatic N) is 2. The predicted molar refractivity (Wildman–Crippen MR) is 131 cm³/mol. The molecule has 170 valence electrons. The first-order valence-electron chi connectivity index (χ1n) is 10.8. The fraction of sp³-hybridized carbons (Fsp3) is 0.231. The number of hydrogen-bond donors (Lipinski definition) is 1. The van der Waals surface area contributed by atoms with Crippen molar-refractivity contribution in [3.05, 3.63) is 88.4 Å². The van der Waals surface area contributed by atoms with Gasteiger partial charge in [0, 0.05) is 30.2 Å². The number of carbonyl (C=O) groups is 2. The summed E-state index contributed by atoms with van der Waals surface area (Å²) >= 11 is 5.94. The van der Waals surface area contributed by atoms with Crippen LogP contribution in [-0.2, 0) is 6.54 Å². The van der Waals surface area contributed by atoms with Gasteiger partial charge in [0.2, 0.25) is 0 Å². The molecule has 1 aliphatic rings. The first-order chi connectivity index (χ1) is 15.9. The maximum atomic E-state index is 13.4. The number of amides is 3. The van der Waals surface area contributed by atoms with Crippen LogP contribution in [0, 0.1) is 6.92 Å². The Bertz CT molecular complexity index is 1160. The fourth-order valence-electron chi connectivity index (χ4n) is 3.92. The van der Waals surface area contributed by atoms with Crippen molar-refractivity contribution >= 4 is 34.9 Å². The van der Waals surface area contributed by atoms with E-state index in [-0.39, 0.29) is 11.9 Å². The molecule has 0 saturated carbocycles. The van der Waals surface area contributed by atoms with Gasteiger partial charge in [0.1, 0.15) is 5.75 Å². The SMILES string of the molecule is COc1cccc(CN2CCCN(c3ccc(C)cc3NC(=O)c3ccc(Cl)cc3)C2=O)c1. The lowest BCUT2D eigenvalue weighted by molar-refractivity contribution is 0.102. The predicted octanol–water partition coefficient (Wildman–Crippen LogP) is 5.74. The molecule has 0 aliphatic carbocycles. The molecule has 0 atom stereocenters. The second-order valence-electron chi connectivity index (χ2n) is 8.04. The summed E-state index contributed by atoms with van der Waals surface area (Å²) in [7, 11) is 1.63. The number of hydrogen-bond acceptors (Lipinski definition) is 3. The van der Waals surface area contributed by atoms with Crippen LogP contribution in [0.5, 0.6) is 5.75 Å². The summed E-state index contributed by atoms with van der Waals surface area (Å²) in [6.07, 6.45) is 0.828. The van der Waals surface area contributed by atoms with Gasteiger partial charge in [-0.3, -0.25) is 9.69 Å². The van der Waals surface area contributed by atoms with E-state index in [0.29, 0.717) is 41.6 Å².